The first kappa shape index (κ1) is 12.3. The average Bonchev–Trinajstić information content (AvgIpc) is 2.85. The minimum Gasteiger partial charge on any atom is -0.365 e. The van der Waals surface area contributed by atoms with E-state index in [-0.39, 0.29) is 5.28 Å². The average molecular weight is 293 g/mol. The number of hydrogen-bond acceptors (Lipinski definition) is 3. The first-order chi connectivity index (χ1) is 9.22. The van der Waals surface area contributed by atoms with Crippen molar-refractivity contribution in [1.82, 2.24) is 15.0 Å². The topological polar surface area (TPSA) is 53.6 Å². The molecule has 0 bridgehead atoms. The molecule has 0 spiro atoms. The first-order valence-corrected chi connectivity index (χ1v) is 6.47. The number of hydrogen-bond donors (Lipinski definition) is 2. The SMILES string of the molecule is Clc1ccc(CNc2nc(Cl)nc3[nH]ccc23)cc1. The van der Waals surface area contributed by atoms with E-state index in [1.54, 1.807) is 0 Å². The highest BCUT2D eigenvalue weighted by Gasteiger charge is 2.07. The molecule has 0 amide bonds. The molecule has 1 aromatic carbocycles. The molecule has 0 saturated heterocycles. The van der Waals surface area contributed by atoms with Gasteiger partial charge in [0.15, 0.2) is 0 Å². The second-order valence-corrected chi connectivity index (χ2v) is 4.84. The number of halogens is 2. The normalized spacial score (nSPS) is 10.8. The fourth-order valence-electron chi connectivity index (χ4n) is 1.84. The van der Waals surface area contributed by atoms with E-state index in [9.17, 15) is 0 Å². The number of nitrogens with one attached hydrogen (secondary N) is 2. The zero-order valence-corrected chi connectivity index (χ0v) is 11.3. The molecule has 6 heteroatoms. The highest BCUT2D eigenvalue weighted by atomic mass is 35.5. The maximum absolute atomic E-state index is 5.88. The van der Waals surface area contributed by atoms with Crippen molar-refractivity contribution >= 4 is 40.1 Å². The van der Waals surface area contributed by atoms with Gasteiger partial charge >= 0.3 is 0 Å². The molecule has 0 saturated carbocycles. The number of fused-ring (bicyclic) bond motifs is 1. The van der Waals surface area contributed by atoms with Crippen molar-refractivity contribution in [1.29, 1.82) is 0 Å². The van der Waals surface area contributed by atoms with Gasteiger partial charge in [0.1, 0.15) is 11.5 Å². The van der Waals surface area contributed by atoms with Crippen molar-refractivity contribution in [2.75, 3.05) is 5.32 Å². The third-order valence-electron chi connectivity index (χ3n) is 2.76. The van der Waals surface area contributed by atoms with Gasteiger partial charge in [-0.1, -0.05) is 23.7 Å². The van der Waals surface area contributed by atoms with Crippen molar-refractivity contribution in [2.24, 2.45) is 0 Å². The predicted octanol–water partition coefficient (Wildman–Crippen LogP) is 3.88. The third kappa shape index (κ3) is 2.64. The van der Waals surface area contributed by atoms with Crippen molar-refractivity contribution in [3.63, 3.8) is 0 Å². The van der Waals surface area contributed by atoms with E-state index in [1.165, 1.54) is 0 Å². The summed E-state index contributed by atoms with van der Waals surface area (Å²) in [6, 6.07) is 9.56. The molecule has 4 nitrogen and oxygen atoms in total. The van der Waals surface area contributed by atoms with Crippen LogP contribution in [-0.2, 0) is 6.54 Å². The lowest BCUT2D eigenvalue weighted by molar-refractivity contribution is 1.10. The van der Waals surface area contributed by atoms with Crippen LogP contribution in [-0.4, -0.2) is 15.0 Å². The van der Waals surface area contributed by atoms with Gasteiger partial charge in [0.05, 0.1) is 5.39 Å². The smallest absolute Gasteiger partial charge is 0.226 e. The largest absolute Gasteiger partial charge is 0.365 e. The van der Waals surface area contributed by atoms with E-state index >= 15 is 0 Å². The Morgan fingerprint density at radius 2 is 1.84 bits per heavy atom. The molecule has 0 aliphatic heterocycles. The Bertz CT molecular complexity index is 706. The van der Waals surface area contributed by atoms with Crippen LogP contribution >= 0.6 is 23.2 Å². The number of anilines is 1. The minimum atomic E-state index is 0.216. The van der Waals surface area contributed by atoms with Crippen molar-refractivity contribution in [2.45, 2.75) is 6.54 Å². The van der Waals surface area contributed by atoms with Gasteiger partial charge in [0.25, 0.3) is 0 Å². The van der Waals surface area contributed by atoms with Crippen molar-refractivity contribution in [3.8, 4) is 0 Å². The molecule has 0 radical (unpaired) electrons. The van der Waals surface area contributed by atoms with Crippen LogP contribution in [0.2, 0.25) is 10.3 Å². The van der Waals surface area contributed by atoms with Crippen molar-refractivity contribution < 1.29 is 0 Å². The van der Waals surface area contributed by atoms with Gasteiger partial charge in [-0.25, -0.2) is 4.98 Å². The van der Waals surface area contributed by atoms with Crippen LogP contribution < -0.4 is 5.32 Å². The third-order valence-corrected chi connectivity index (χ3v) is 3.18. The van der Waals surface area contributed by atoms with Gasteiger partial charge < -0.3 is 10.3 Å². The number of aromatic amines is 1. The molecule has 2 aromatic heterocycles. The van der Waals surface area contributed by atoms with E-state index < -0.39 is 0 Å². The summed E-state index contributed by atoms with van der Waals surface area (Å²) < 4.78 is 0. The highest BCUT2D eigenvalue weighted by molar-refractivity contribution is 6.30. The molecule has 2 heterocycles. The Balaban J connectivity index is 1.85. The predicted molar refractivity (Wildman–Crippen MR) is 77.7 cm³/mol. The van der Waals surface area contributed by atoms with Gasteiger partial charge in [-0.2, -0.15) is 4.98 Å². The first-order valence-electron chi connectivity index (χ1n) is 5.71. The lowest BCUT2D eigenvalue weighted by atomic mass is 10.2. The van der Waals surface area contributed by atoms with E-state index in [4.69, 9.17) is 23.2 Å². The summed E-state index contributed by atoms with van der Waals surface area (Å²) >= 11 is 11.7. The fraction of sp³-hybridized carbons (Fsp3) is 0.0769. The van der Waals surface area contributed by atoms with E-state index in [2.05, 4.69) is 20.3 Å². The number of nitrogens with zero attached hydrogens (tertiary/aromatic N) is 2. The van der Waals surface area contributed by atoms with Gasteiger partial charge in [-0.15, -0.1) is 0 Å². The zero-order chi connectivity index (χ0) is 13.2. The summed E-state index contributed by atoms with van der Waals surface area (Å²) in [5, 5.41) is 5.11. The van der Waals surface area contributed by atoms with Crippen LogP contribution in [0.15, 0.2) is 36.5 Å². The Morgan fingerprint density at radius 3 is 2.63 bits per heavy atom. The second-order valence-electron chi connectivity index (χ2n) is 4.06. The van der Waals surface area contributed by atoms with Gasteiger partial charge in [0.2, 0.25) is 5.28 Å². The standard InChI is InChI=1S/C13H10Cl2N4/c14-9-3-1-8(2-4-9)7-17-12-10-5-6-16-11(10)18-13(15)19-12/h1-6H,7H2,(H2,16,17,18,19). The molecule has 2 N–H and O–H groups in total. The Kier molecular flexibility index (Phi) is 3.27. The molecule has 0 unspecified atom stereocenters. The maximum Gasteiger partial charge on any atom is 0.226 e. The number of aromatic nitrogens is 3. The van der Waals surface area contributed by atoms with Crippen LogP contribution in [0.25, 0.3) is 11.0 Å². The molecule has 0 atom stereocenters. The lowest BCUT2D eigenvalue weighted by Crippen LogP contribution is -2.02. The molecule has 19 heavy (non-hydrogen) atoms. The number of rotatable bonds is 3. The Labute approximate surface area is 119 Å². The van der Waals surface area contributed by atoms with Crippen LogP contribution in [0.4, 0.5) is 5.82 Å². The summed E-state index contributed by atoms with van der Waals surface area (Å²) in [5.74, 6) is 0.714. The maximum atomic E-state index is 5.88. The van der Waals surface area contributed by atoms with Crippen LogP contribution in [0.5, 0.6) is 0 Å². The van der Waals surface area contributed by atoms with Gasteiger partial charge in [-0.05, 0) is 35.4 Å². The summed E-state index contributed by atoms with van der Waals surface area (Å²) in [6.07, 6.45) is 1.81. The van der Waals surface area contributed by atoms with E-state index in [0.717, 1.165) is 21.6 Å². The summed E-state index contributed by atoms with van der Waals surface area (Å²) in [4.78, 5) is 11.3. The zero-order valence-electron chi connectivity index (χ0n) is 9.82. The van der Waals surface area contributed by atoms with Gasteiger partial charge in [0, 0.05) is 17.8 Å². The minimum absolute atomic E-state index is 0.216. The molecule has 96 valence electrons. The second kappa shape index (κ2) is 5.07. The Hall–Kier alpha value is -1.78. The van der Waals surface area contributed by atoms with Crippen LogP contribution in [0, 0.1) is 0 Å². The number of H-pyrrole nitrogens is 1. The molecular weight excluding hydrogens is 283 g/mol. The molecule has 0 aliphatic rings. The van der Waals surface area contributed by atoms with Crippen LogP contribution in [0.3, 0.4) is 0 Å². The highest BCUT2D eigenvalue weighted by Crippen LogP contribution is 2.21. The Morgan fingerprint density at radius 1 is 1.05 bits per heavy atom. The molecule has 3 rings (SSSR count). The molecule has 0 aliphatic carbocycles. The summed E-state index contributed by atoms with van der Waals surface area (Å²) in [7, 11) is 0. The van der Waals surface area contributed by atoms with E-state index in [0.29, 0.717) is 12.4 Å². The fourth-order valence-corrected chi connectivity index (χ4v) is 2.13. The molecule has 0 fully saturated rings. The van der Waals surface area contributed by atoms with Gasteiger partial charge in [-0.3, -0.25) is 0 Å². The van der Waals surface area contributed by atoms with E-state index in [1.807, 2.05) is 36.5 Å². The number of benzene rings is 1. The molecule has 3 aromatic rings. The summed E-state index contributed by atoms with van der Waals surface area (Å²) in [6.45, 7) is 0.644. The summed E-state index contributed by atoms with van der Waals surface area (Å²) in [5.41, 5.74) is 1.83. The van der Waals surface area contributed by atoms with Crippen molar-refractivity contribution in [3.05, 3.63) is 52.4 Å². The quantitative estimate of drug-likeness (QED) is 0.721. The monoisotopic (exact) mass is 292 g/mol. The van der Waals surface area contributed by atoms with Crippen LogP contribution in [0.1, 0.15) is 5.56 Å². The lowest BCUT2D eigenvalue weighted by Gasteiger charge is -2.07. The molecular formula is C13H10Cl2N4.